The summed E-state index contributed by atoms with van der Waals surface area (Å²) in [5.41, 5.74) is -0.462. The van der Waals surface area contributed by atoms with Crippen molar-refractivity contribution >= 4 is 12.1 Å². The number of carbonyl (C=O) groups is 2. The summed E-state index contributed by atoms with van der Waals surface area (Å²) in [7, 11) is 0. The first kappa shape index (κ1) is 18.7. The van der Waals surface area contributed by atoms with Crippen LogP contribution >= 0.6 is 0 Å². The van der Waals surface area contributed by atoms with E-state index in [4.69, 9.17) is 9.84 Å². The quantitative estimate of drug-likeness (QED) is 0.682. The molecule has 0 atom stereocenters. The Kier molecular flexibility index (Phi) is 7.61. The Morgan fingerprint density at radius 2 is 1.64 bits per heavy atom. The third kappa shape index (κ3) is 8.84. The average molecular weight is 315 g/mol. The highest BCUT2D eigenvalue weighted by Crippen LogP contribution is 2.06. The zero-order chi connectivity index (χ0) is 16.6. The molecular formula is C15H29N3O4. The summed E-state index contributed by atoms with van der Waals surface area (Å²) in [4.78, 5) is 26.5. The van der Waals surface area contributed by atoms with Gasteiger partial charge in [0.2, 0.25) is 0 Å². The van der Waals surface area contributed by atoms with E-state index in [0.29, 0.717) is 13.1 Å². The number of hydrogen-bond donors (Lipinski definition) is 2. The molecule has 1 aliphatic rings. The molecule has 1 saturated heterocycles. The van der Waals surface area contributed by atoms with Crippen LogP contribution < -0.4 is 5.32 Å². The zero-order valence-corrected chi connectivity index (χ0v) is 13.9. The molecular weight excluding hydrogens is 286 g/mol. The van der Waals surface area contributed by atoms with E-state index in [1.54, 1.807) is 0 Å². The van der Waals surface area contributed by atoms with Crippen molar-refractivity contribution in [2.75, 3.05) is 45.8 Å². The number of piperazine rings is 1. The second-order valence-electron chi connectivity index (χ2n) is 6.61. The summed E-state index contributed by atoms with van der Waals surface area (Å²) in [6, 6.07) is 0. The van der Waals surface area contributed by atoms with Crippen LogP contribution in [-0.4, -0.2) is 78.4 Å². The van der Waals surface area contributed by atoms with Crippen LogP contribution in [0.1, 0.15) is 33.6 Å². The Bertz CT molecular complexity index is 360. The topological polar surface area (TPSA) is 82.1 Å². The minimum absolute atomic E-state index is 0.208. The van der Waals surface area contributed by atoms with Gasteiger partial charge in [-0.3, -0.25) is 4.79 Å². The number of nitrogens with zero attached hydrogens (tertiary/aromatic N) is 2. The van der Waals surface area contributed by atoms with E-state index in [2.05, 4.69) is 15.1 Å². The molecule has 22 heavy (non-hydrogen) atoms. The van der Waals surface area contributed by atoms with Crippen molar-refractivity contribution in [3.63, 3.8) is 0 Å². The van der Waals surface area contributed by atoms with Gasteiger partial charge in [-0.2, -0.15) is 0 Å². The van der Waals surface area contributed by atoms with Crippen LogP contribution in [0.4, 0.5) is 4.79 Å². The maximum absolute atomic E-state index is 11.5. The van der Waals surface area contributed by atoms with Crippen molar-refractivity contribution in [3.8, 4) is 0 Å². The third-order valence-electron chi connectivity index (χ3n) is 3.43. The van der Waals surface area contributed by atoms with Crippen LogP contribution in [-0.2, 0) is 9.53 Å². The summed E-state index contributed by atoms with van der Waals surface area (Å²) in [5.74, 6) is -0.740. The van der Waals surface area contributed by atoms with E-state index in [9.17, 15) is 9.59 Å². The molecule has 0 saturated carbocycles. The number of amides is 1. The maximum Gasteiger partial charge on any atom is 0.407 e. The minimum atomic E-state index is -0.740. The molecule has 7 heteroatoms. The molecule has 0 unspecified atom stereocenters. The highest BCUT2D eigenvalue weighted by molar-refractivity contribution is 5.67. The number of rotatable bonds is 7. The van der Waals surface area contributed by atoms with Crippen LogP contribution in [0.25, 0.3) is 0 Å². The molecule has 0 aromatic carbocycles. The van der Waals surface area contributed by atoms with E-state index in [0.717, 1.165) is 39.1 Å². The van der Waals surface area contributed by atoms with Gasteiger partial charge in [-0.05, 0) is 33.7 Å². The first-order valence-electron chi connectivity index (χ1n) is 7.89. The van der Waals surface area contributed by atoms with Crippen molar-refractivity contribution in [2.45, 2.75) is 39.2 Å². The molecule has 0 aliphatic carbocycles. The van der Waals surface area contributed by atoms with Gasteiger partial charge in [-0.15, -0.1) is 0 Å². The highest BCUT2D eigenvalue weighted by Gasteiger charge is 2.18. The van der Waals surface area contributed by atoms with Crippen LogP contribution in [0, 0.1) is 0 Å². The Balaban J connectivity index is 2.05. The van der Waals surface area contributed by atoms with E-state index < -0.39 is 11.6 Å². The van der Waals surface area contributed by atoms with Crippen molar-refractivity contribution in [1.82, 2.24) is 15.1 Å². The van der Waals surface area contributed by atoms with Gasteiger partial charge in [0.05, 0.1) is 6.42 Å². The fourth-order valence-electron chi connectivity index (χ4n) is 2.30. The smallest absolute Gasteiger partial charge is 0.407 e. The number of alkyl carbamates (subject to hydrolysis) is 1. The number of hydrogen-bond acceptors (Lipinski definition) is 5. The molecule has 1 heterocycles. The summed E-state index contributed by atoms with van der Waals surface area (Å²) < 4.78 is 5.17. The van der Waals surface area contributed by atoms with Crippen molar-refractivity contribution < 1.29 is 19.4 Å². The molecule has 1 aliphatic heterocycles. The largest absolute Gasteiger partial charge is 0.481 e. The lowest BCUT2D eigenvalue weighted by Crippen LogP contribution is -2.47. The predicted octanol–water partition coefficient (Wildman–Crippen LogP) is 0.994. The van der Waals surface area contributed by atoms with E-state index in [1.807, 2.05) is 20.8 Å². The maximum atomic E-state index is 11.5. The van der Waals surface area contributed by atoms with Crippen LogP contribution in [0.5, 0.6) is 0 Å². The number of carboxylic acids is 1. The molecule has 128 valence electrons. The van der Waals surface area contributed by atoms with Gasteiger partial charge in [0.25, 0.3) is 0 Å². The number of nitrogens with one attached hydrogen (secondary N) is 1. The second-order valence-corrected chi connectivity index (χ2v) is 6.61. The number of ether oxygens (including phenoxy) is 1. The lowest BCUT2D eigenvalue weighted by molar-refractivity contribution is -0.137. The Morgan fingerprint density at radius 3 is 2.14 bits per heavy atom. The second kappa shape index (κ2) is 8.95. The first-order chi connectivity index (χ1) is 10.3. The van der Waals surface area contributed by atoms with Gasteiger partial charge in [0, 0.05) is 39.3 Å². The van der Waals surface area contributed by atoms with E-state index >= 15 is 0 Å². The Hall–Kier alpha value is -1.34. The standard InChI is InChI=1S/C15H29N3O4/c1-15(2,3)22-14(21)16-6-4-7-17-9-11-18(12-10-17)8-5-13(19)20/h4-12H2,1-3H3,(H,16,21)(H,19,20). The number of aliphatic carboxylic acids is 1. The molecule has 1 amide bonds. The van der Waals surface area contributed by atoms with Crippen molar-refractivity contribution in [3.05, 3.63) is 0 Å². The number of carboxylic acid groups (broad SMARTS) is 1. The zero-order valence-electron chi connectivity index (χ0n) is 13.9. The molecule has 1 rings (SSSR count). The van der Waals surface area contributed by atoms with Crippen LogP contribution in [0.3, 0.4) is 0 Å². The highest BCUT2D eigenvalue weighted by atomic mass is 16.6. The first-order valence-corrected chi connectivity index (χ1v) is 7.89. The summed E-state index contributed by atoms with van der Waals surface area (Å²) in [5, 5.41) is 11.4. The summed E-state index contributed by atoms with van der Waals surface area (Å²) in [6.07, 6.45) is 0.722. The molecule has 0 radical (unpaired) electrons. The number of carbonyl (C=O) groups excluding carboxylic acids is 1. The minimum Gasteiger partial charge on any atom is -0.481 e. The van der Waals surface area contributed by atoms with Gasteiger partial charge in [-0.25, -0.2) is 4.79 Å². The lowest BCUT2D eigenvalue weighted by atomic mass is 10.2. The van der Waals surface area contributed by atoms with Gasteiger partial charge in [0.15, 0.2) is 0 Å². The normalized spacial score (nSPS) is 17.2. The van der Waals surface area contributed by atoms with Crippen LogP contribution in [0.2, 0.25) is 0 Å². The molecule has 0 bridgehead atoms. The molecule has 1 fully saturated rings. The van der Waals surface area contributed by atoms with Gasteiger partial charge < -0.3 is 25.0 Å². The predicted molar refractivity (Wildman–Crippen MR) is 84.0 cm³/mol. The Morgan fingerprint density at radius 1 is 1.09 bits per heavy atom. The van der Waals surface area contributed by atoms with Gasteiger partial charge in [-0.1, -0.05) is 0 Å². The molecule has 0 aromatic rings. The van der Waals surface area contributed by atoms with Crippen molar-refractivity contribution in [1.29, 1.82) is 0 Å². The molecule has 7 nitrogen and oxygen atoms in total. The fraction of sp³-hybridized carbons (Fsp3) is 0.867. The SMILES string of the molecule is CC(C)(C)OC(=O)NCCCN1CCN(CCC(=O)O)CC1. The average Bonchev–Trinajstić information content (AvgIpc) is 2.40. The van der Waals surface area contributed by atoms with E-state index in [-0.39, 0.29) is 12.5 Å². The molecule has 0 spiro atoms. The van der Waals surface area contributed by atoms with Gasteiger partial charge in [0.1, 0.15) is 5.60 Å². The molecule has 2 N–H and O–H groups in total. The van der Waals surface area contributed by atoms with Gasteiger partial charge >= 0.3 is 12.1 Å². The Labute approximate surface area is 132 Å². The molecule has 0 aromatic heterocycles. The summed E-state index contributed by atoms with van der Waals surface area (Å²) >= 11 is 0. The lowest BCUT2D eigenvalue weighted by Gasteiger charge is -2.34. The third-order valence-corrected chi connectivity index (χ3v) is 3.43. The monoisotopic (exact) mass is 315 g/mol. The fourth-order valence-corrected chi connectivity index (χ4v) is 2.30. The van der Waals surface area contributed by atoms with Crippen molar-refractivity contribution in [2.24, 2.45) is 0 Å². The van der Waals surface area contributed by atoms with Crippen LogP contribution in [0.15, 0.2) is 0 Å². The van der Waals surface area contributed by atoms with E-state index in [1.165, 1.54) is 0 Å². The summed E-state index contributed by atoms with van der Waals surface area (Å²) in [6.45, 7) is 11.4.